The molecule has 2 unspecified atom stereocenters. The van der Waals surface area contributed by atoms with Crippen LogP contribution >= 0.6 is 0 Å². The fourth-order valence-corrected chi connectivity index (χ4v) is 2.77. The van der Waals surface area contributed by atoms with Gasteiger partial charge in [-0.25, -0.2) is 0 Å². The van der Waals surface area contributed by atoms with Crippen LogP contribution in [0.25, 0.3) is 0 Å². The molecular formula is C18H28N2O. The summed E-state index contributed by atoms with van der Waals surface area (Å²) in [6.45, 7) is 13.2. The van der Waals surface area contributed by atoms with Crippen LogP contribution in [0, 0.1) is 18.3 Å². The van der Waals surface area contributed by atoms with Gasteiger partial charge in [0, 0.05) is 6.42 Å². The maximum atomic E-state index is 9.30. The van der Waals surface area contributed by atoms with Crippen molar-refractivity contribution >= 4 is 0 Å². The van der Waals surface area contributed by atoms with E-state index in [1.807, 2.05) is 26.8 Å². The van der Waals surface area contributed by atoms with Crippen molar-refractivity contribution in [1.29, 1.82) is 5.26 Å². The molecule has 1 rings (SSSR count). The summed E-state index contributed by atoms with van der Waals surface area (Å²) in [4.78, 5) is 0. The van der Waals surface area contributed by atoms with E-state index in [1.165, 1.54) is 11.1 Å². The molecule has 0 spiro atoms. The van der Waals surface area contributed by atoms with Gasteiger partial charge in [-0.1, -0.05) is 26.8 Å². The molecule has 21 heavy (non-hydrogen) atoms. The maximum Gasteiger partial charge on any atom is 0.119 e. The van der Waals surface area contributed by atoms with Gasteiger partial charge < -0.3 is 4.74 Å². The number of rotatable bonds is 7. The van der Waals surface area contributed by atoms with Crippen molar-refractivity contribution in [1.82, 2.24) is 5.32 Å². The van der Waals surface area contributed by atoms with Gasteiger partial charge in [0.15, 0.2) is 0 Å². The topological polar surface area (TPSA) is 45.0 Å². The highest BCUT2D eigenvalue weighted by molar-refractivity contribution is 5.36. The Morgan fingerprint density at radius 3 is 2.48 bits per heavy atom. The molecule has 0 aliphatic rings. The zero-order chi connectivity index (χ0) is 16.0. The molecule has 0 aliphatic heterocycles. The second kappa shape index (κ2) is 7.47. The highest BCUT2D eigenvalue weighted by Crippen LogP contribution is 2.25. The zero-order valence-electron chi connectivity index (χ0n) is 14.2. The first-order valence-electron chi connectivity index (χ1n) is 7.74. The highest BCUT2D eigenvalue weighted by Gasteiger charge is 2.26. The van der Waals surface area contributed by atoms with Crippen molar-refractivity contribution in [3.05, 3.63) is 29.3 Å². The number of hydrogen-bond donors (Lipinski definition) is 1. The number of nitrogens with zero attached hydrogens (tertiary/aromatic N) is 1. The van der Waals surface area contributed by atoms with Gasteiger partial charge >= 0.3 is 0 Å². The van der Waals surface area contributed by atoms with Gasteiger partial charge in [0.05, 0.1) is 12.2 Å². The molecule has 0 aliphatic carbocycles. The van der Waals surface area contributed by atoms with Crippen LogP contribution in [0.15, 0.2) is 18.2 Å². The van der Waals surface area contributed by atoms with Gasteiger partial charge in [0.25, 0.3) is 0 Å². The molecule has 3 heteroatoms. The molecule has 0 radical (unpaired) electrons. The molecule has 0 bridgehead atoms. The van der Waals surface area contributed by atoms with E-state index in [4.69, 9.17) is 4.74 Å². The normalized spacial score (nSPS) is 15.3. The summed E-state index contributed by atoms with van der Waals surface area (Å²) in [6.07, 6.45) is 0.639. The summed E-state index contributed by atoms with van der Waals surface area (Å²) in [5.41, 5.74) is 2.06. The third-order valence-corrected chi connectivity index (χ3v) is 3.71. The van der Waals surface area contributed by atoms with Crippen LogP contribution < -0.4 is 10.1 Å². The largest absolute Gasteiger partial charge is 0.491 e. The Bertz CT molecular complexity index is 504. The standard InChI is InChI=1S/C18H28N2O/c1-7-20-18(6,12-19)11-15(5)21-16-8-9-17(13(2)3)14(4)10-16/h8-10,13,15,20H,7,11H2,1-6H3. The molecule has 1 N–H and O–H groups in total. The molecule has 0 saturated heterocycles. The Labute approximate surface area is 129 Å². The van der Waals surface area contributed by atoms with Crippen LogP contribution in [0.4, 0.5) is 0 Å². The van der Waals surface area contributed by atoms with E-state index in [2.05, 4.69) is 44.3 Å². The lowest BCUT2D eigenvalue weighted by Crippen LogP contribution is -2.44. The quantitative estimate of drug-likeness (QED) is 0.819. The Hall–Kier alpha value is -1.53. The molecular weight excluding hydrogens is 260 g/mol. The Morgan fingerprint density at radius 2 is 2.00 bits per heavy atom. The summed E-state index contributed by atoms with van der Waals surface area (Å²) >= 11 is 0. The van der Waals surface area contributed by atoms with Crippen LogP contribution in [0.3, 0.4) is 0 Å². The van der Waals surface area contributed by atoms with Crippen molar-refractivity contribution in [2.45, 2.75) is 65.5 Å². The Morgan fingerprint density at radius 1 is 1.33 bits per heavy atom. The third-order valence-electron chi connectivity index (χ3n) is 3.71. The van der Waals surface area contributed by atoms with Crippen LogP contribution in [-0.2, 0) is 0 Å². The van der Waals surface area contributed by atoms with E-state index in [0.717, 1.165) is 12.3 Å². The summed E-state index contributed by atoms with van der Waals surface area (Å²) in [7, 11) is 0. The molecule has 116 valence electrons. The maximum absolute atomic E-state index is 9.30. The zero-order valence-corrected chi connectivity index (χ0v) is 14.2. The number of benzene rings is 1. The second-order valence-electron chi connectivity index (χ2n) is 6.28. The molecule has 2 atom stereocenters. The highest BCUT2D eigenvalue weighted by atomic mass is 16.5. The van der Waals surface area contributed by atoms with Gasteiger partial charge in [-0.05, 0) is 56.5 Å². The Kier molecular flexibility index (Phi) is 6.23. The summed E-state index contributed by atoms with van der Waals surface area (Å²) in [6, 6.07) is 8.58. The van der Waals surface area contributed by atoms with Crippen LogP contribution in [0.1, 0.15) is 58.1 Å². The first-order valence-corrected chi connectivity index (χ1v) is 7.74. The number of aryl methyl sites for hydroxylation is 1. The molecule has 3 nitrogen and oxygen atoms in total. The average Bonchev–Trinajstić information content (AvgIpc) is 2.38. The van der Waals surface area contributed by atoms with Crippen molar-refractivity contribution in [3.8, 4) is 11.8 Å². The monoisotopic (exact) mass is 288 g/mol. The average molecular weight is 288 g/mol. The summed E-state index contributed by atoms with van der Waals surface area (Å²) < 4.78 is 5.98. The van der Waals surface area contributed by atoms with E-state index in [9.17, 15) is 5.26 Å². The third kappa shape index (κ3) is 5.06. The number of nitriles is 1. The molecule has 1 aromatic rings. The molecule has 0 saturated carbocycles. The lowest BCUT2D eigenvalue weighted by molar-refractivity contribution is 0.180. The minimum absolute atomic E-state index is 0.0157. The van der Waals surface area contributed by atoms with Crippen molar-refractivity contribution < 1.29 is 4.74 Å². The first-order chi connectivity index (χ1) is 9.81. The van der Waals surface area contributed by atoms with Gasteiger partial charge in [0.1, 0.15) is 11.3 Å². The lowest BCUT2D eigenvalue weighted by Gasteiger charge is -2.26. The van der Waals surface area contributed by atoms with Crippen LogP contribution in [0.2, 0.25) is 0 Å². The molecule has 0 fully saturated rings. The van der Waals surface area contributed by atoms with Gasteiger partial charge in [-0.15, -0.1) is 0 Å². The first kappa shape index (κ1) is 17.5. The van der Waals surface area contributed by atoms with Crippen LogP contribution in [0.5, 0.6) is 5.75 Å². The summed E-state index contributed by atoms with van der Waals surface area (Å²) in [5, 5.41) is 12.5. The number of ether oxygens (including phenoxy) is 1. The van der Waals surface area contributed by atoms with E-state index < -0.39 is 5.54 Å². The van der Waals surface area contributed by atoms with Crippen LogP contribution in [-0.4, -0.2) is 18.2 Å². The predicted octanol–water partition coefficient (Wildman–Crippen LogP) is 4.17. The smallest absolute Gasteiger partial charge is 0.119 e. The van der Waals surface area contributed by atoms with Crippen molar-refractivity contribution in [3.63, 3.8) is 0 Å². The van der Waals surface area contributed by atoms with E-state index in [-0.39, 0.29) is 6.10 Å². The van der Waals surface area contributed by atoms with Crippen molar-refractivity contribution in [2.24, 2.45) is 0 Å². The fourth-order valence-electron chi connectivity index (χ4n) is 2.77. The lowest BCUT2D eigenvalue weighted by atomic mass is 9.96. The summed E-state index contributed by atoms with van der Waals surface area (Å²) in [5.74, 6) is 1.40. The minimum atomic E-state index is -0.541. The van der Waals surface area contributed by atoms with Gasteiger partial charge in [0.2, 0.25) is 0 Å². The number of hydrogen-bond acceptors (Lipinski definition) is 3. The number of nitrogens with one attached hydrogen (secondary N) is 1. The fraction of sp³-hybridized carbons (Fsp3) is 0.611. The predicted molar refractivity (Wildman–Crippen MR) is 87.7 cm³/mol. The van der Waals surface area contributed by atoms with E-state index in [0.29, 0.717) is 12.3 Å². The van der Waals surface area contributed by atoms with Crippen molar-refractivity contribution in [2.75, 3.05) is 6.54 Å². The van der Waals surface area contributed by atoms with E-state index >= 15 is 0 Å². The molecule has 1 aromatic carbocycles. The van der Waals surface area contributed by atoms with E-state index in [1.54, 1.807) is 0 Å². The van der Waals surface area contributed by atoms with Gasteiger partial charge in [-0.2, -0.15) is 5.26 Å². The molecule has 0 amide bonds. The second-order valence-corrected chi connectivity index (χ2v) is 6.28. The SMILES string of the molecule is CCNC(C)(C#N)CC(C)Oc1ccc(C(C)C)c(C)c1. The molecule has 0 heterocycles. The Balaban J connectivity index is 2.73. The molecule has 0 aromatic heterocycles. The minimum Gasteiger partial charge on any atom is -0.491 e. The van der Waals surface area contributed by atoms with Gasteiger partial charge in [-0.3, -0.25) is 5.32 Å².